The first-order valence-electron chi connectivity index (χ1n) is 6.12. The fourth-order valence-electron chi connectivity index (χ4n) is 2.34. The molecule has 0 radical (unpaired) electrons. The molecule has 6 heteroatoms. The average Bonchev–Trinajstić information content (AvgIpc) is 2.33. The summed E-state index contributed by atoms with van der Waals surface area (Å²) in [7, 11) is 0. The van der Waals surface area contributed by atoms with E-state index in [0.717, 1.165) is 25.5 Å². The molecule has 2 rings (SSSR count). The Morgan fingerprint density at radius 1 is 1.33 bits per heavy atom. The summed E-state index contributed by atoms with van der Waals surface area (Å²) in [6.45, 7) is 4.86. The van der Waals surface area contributed by atoms with Gasteiger partial charge in [0.1, 0.15) is 0 Å². The molecule has 1 aliphatic heterocycles. The molecule has 2 unspecified atom stereocenters. The third-order valence-corrected chi connectivity index (χ3v) is 3.44. The van der Waals surface area contributed by atoms with Gasteiger partial charge in [0, 0.05) is 18.7 Å². The van der Waals surface area contributed by atoms with Gasteiger partial charge in [0.15, 0.2) is 23.3 Å². The number of hydrogen-bond donors (Lipinski definition) is 2. The molecule has 18 heavy (non-hydrogen) atoms. The number of nitrogens with two attached hydrogens (primary N) is 1. The molecule has 2 heterocycles. The zero-order valence-electron chi connectivity index (χ0n) is 10.6. The first-order chi connectivity index (χ1) is 8.52. The number of hydrogen-bond acceptors (Lipinski definition) is 4. The molecule has 0 aliphatic carbocycles. The third-order valence-electron chi connectivity index (χ3n) is 3.44. The van der Waals surface area contributed by atoms with Crippen molar-refractivity contribution in [2.24, 2.45) is 11.8 Å². The number of nitrogens with one attached hydrogen (secondary N) is 1. The van der Waals surface area contributed by atoms with Gasteiger partial charge >= 0.3 is 0 Å². The van der Waals surface area contributed by atoms with E-state index in [-0.39, 0.29) is 17.7 Å². The quantitative estimate of drug-likeness (QED) is 0.629. The lowest BCUT2D eigenvalue weighted by Gasteiger charge is -2.37. The van der Waals surface area contributed by atoms with Crippen molar-refractivity contribution in [3.8, 4) is 0 Å². The number of piperidine rings is 1. The second-order valence-corrected chi connectivity index (χ2v) is 4.95. The summed E-state index contributed by atoms with van der Waals surface area (Å²) >= 11 is 0. The van der Waals surface area contributed by atoms with Gasteiger partial charge in [-0.2, -0.15) is 0 Å². The number of pyridine rings is 1. The predicted octanol–water partition coefficient (Wildman–Crippen LogP) is 2.27. The number of halogens is 2. The summed E-state index contributed by atoms with van der Waals surface area (Å²) in [5.41, 5.74) is 2.15. The van der Waals surface area contributed by atoms with Gasteiger partial charge in [-0.3, -0.25) is 0 Å². The second-order valence-electron chi connectivity index (χ2n) is 4.95. The topological polar surface area (TPSA) is 54.2 Å². The first-order valence-corrected chi connectivity index (χ1v) is 6.12. The van der Waals surface area contributed by atoms with Crippen LogP contribution in [0.3, 0.4) is 0 Å². The van der Waals surface area contributed by atoms with E-state index >= 15 is 0 Å². The van der Waals surface area contributed by atoms with Gasteiger partial charge in [-0.15, -0.1) is 0 Å². The van der Waals surface area contributed by atoms with Crippen LogP contribution in [-0.4, -0.2) is 17.6 Å². The Kier molecular flexibility index (Phi) is 3.65. The van der Waals surface area contributed by atoms with E-state index < -0.39 is 11.6 Å². The number of nitrogen functional groups attached to an aromatic ring is 1. The van der Waals surface area contributed by atoms with Crippen LogP contribution in [-0.2, 0) is 0 Å². The highest BCUT2D eigenvalue weighted by Gasteiger charge is 2.27. The van der Waals surface area contributed by atoms with Crippen LogP contribution < -0.4 is 16.2 Å². The van der Waals surface area contributed by atoms with Crippen molar-refractivity contribution >= 4 is 11.6 Å². The normalized spacial score (nSPS) is 24.2. The van der Waals surface area contributed by atoms with E-state index in [1.54, 1.807) is 0 Å². The van der Waals surface area contributed by atoms with E-state index in [4.69, 9.17) is 5.84 Å². The van der Waals surface area contributed by atoms with Crippen molar-refractivity contribution in [2.75, 3.05) is 16.9 Å². The van der Waals surface area contributed by atoms with Gasteiger partial charge in [-0.05, 0) is 25.7 Å². The van der Waals surface area contributed by atoms with Crippen LogP contribution in [0.2, 0.25) is 0 Å². The minimum absolute atomic E-state index is 0.128. The monoisotopic (exact) mass is 256 g/mol. The summed E-state index contributed by atoms with van der Waals surface area (Å²) in [4.78, 5) is 5.82. The fraction of sp³-hybridized carbons (Fsp3) is 0.583. The highest BCUT2D eigenvalue weighted by molar-refractivity contribution is 5.49. The Balaban J connectivity index is 2.36. The summed E-state index contributed by atoms with van der Waals surface area (Å²) in [5.74, 6) is 4.26. The Labute approximate surface area is 105 Å². The van der Waals surface area contributed by atoms with Gasteiger partial charge in [-0.25, -0.2) is 19.6 Å². The molecule has 0 spiro atoms. The van der Waals surface area contributed by atoms with Crippen molar-refractivity contribution in [2.45, 2.75) is 32.7 Å². The summed E-state index contributed by atoms with van der Waals surface area (Å²) in [6.07, 6.45) is 2.09. The van der Waals surface area contributed by atoms with Crippen molar-refractivity contribution in [3.05, 3.63) is 17.7 Å². The molecular formula is C12H18F2N4. The van der Waals surface area contributed by atoms with E-state index in [9.17, 15) is 8.78 Å². The Bertz CT molecular complexity index is 438. The number of hydrazine groups is 1. The third kappa shape index (κ3) is 2.38. The Morgan fingerprint density at radius 3 is 2.72 bits per heavy atom. The van der Waals surface area contributed by atoms with Crippen molar-refractivity contribution < 1.29 is 8.78 Å². The first kappa shape index (κ1) is 13.0. The number of anilines is 2. The Morgan fingerprint density at radius 2 is 2.06 bits per heavy atom. The van der Waals surface area contributed by atoms with Crippen LogP contribution in [0.5, 0.6) is 0 Å². The molecule has 0 bridgehead atoms. The fourth-order valence-corrected chi connectivity index (χ4v) is 2.34. The minimum Gasteiger partial charge on any atom is -0.351 e. The second kappa shape index (κ2) is 5.06. The maximum Gasteiger partial charge on any atom is 0.178 e. The van der Waals surface area contributed by atoms with Gasteiger partial charge in [-0.1, -0.05) is 6.92 Å². The standard InChI is InChI=1S/C12H18F2N4/c1-7-3-4-8(2)18(6-7)12-10(14)5-9(13)11(16-12)17-15/h5,7-8H,3-4,6,15H2,1-2H3,(H,16,17). The molecule has 1 aromatic rings. The van der Waals surface area contributed by atoms with E-state index in [1.807, 2.05) is 11.8 Å². The van der Waals surface area contributed by atoms with Gasteiger partial charge in [0.2, 0.25) is 0 Å². The number of aromatic nitrogens is 1. The molecule has 0 aromatic carbocycles. The summed E-state index contributed by atoms with van der Waals surface area (Å²) < 4.78 is 27.1. The van der Waals surface area contributed by atoms with Gasteiger partial charge in [0.25, 0.3) is 0 Å². The molecule has 100 valence electrons. The molecule has 1 saturated heterocycles. The van der Waals surface area contributed by atoms with Crippen LogP contribution in [0.1, 0.15) is 26.7 Å². The molecule has 0 amide bonds. The molecule has 2 atom stereocenters. The van der Waals surface area contributed by atoms with E-state index in [1.165, 1.54) is 0 Å². The van der Waals surface area contributed by atoms with Crippen molar-refractivity contribution in [3.63, 3.8) is 0 Å². The van der Waals surface area contributed by atoms with Crippen LogP contribution in [0.15, 0.2) is 6.07 Å². The number of rotatable bonds is 2. The molecule has 4 nitrogen and oxygen atoms in total. The van der Waals surface area contributed by atoms with Crippen LogP contribution >= 0.6 is 0 Å². The van der Waals surface area contributed by atoms with Crippen molar-refractivity contribution in [1.29, 1.82) is 0 Å². The SMILES string of the molecule is CC1CCC(C)N(c2nc(NN)c(F)cc2F)C1. The molecule has 1 fully saturated rings. The zero-order chi connectivity index (χ0) is 13.3. The van der Waals surface area contributed by atoms with Gasteiger partial charge in [0.05, 0.1) is 0 Å². The predicted molar refractivity (Wildman–Crippen MR) is 67.2 cm³/mol. The minimum atomic E-state index is -0.781. The smallest absolute Gasteiger partial charge is 0.178 e. The van der Waals surface area contributed by atoms with Crippen LogP contribution in [0.25, 0.3) is 0 Å². The summed E-state index contributed by atoms with van der Waals surface area (Å²) in [5, 5.41) is 0. The highest BCUT2D eigenvalue weighted by Crippen LogP contribution is 2.29. The van der Waals surface area contributed by atoms with Crippen LogP contribution in [0.4, 0.5) is 20.4 Å². The lowest BCUT2D eigenvalue weighted by atomic mass is 9.95. The molecule has 0 saturated carbocycles. The maximum absolute atomic E-state index is 13.8. The zero-order valence-corrected chi connectivity index (χ0v) is 10.6. The van der Waals surface area contributed by atoms with Crippen LogP contribution in [0, 0.1) is 17.6 Å². The van der Waals surface area contributed by atoms with Gasteiger partial charge < -0.3 is 10.3 Å². The average molecular weight is 256 g/mol. The largest absolute Gasteiger partial charge is 0.351 e. The molecule has 1 aromatic heterocycles. The highest BCUT2D eigenvalue weighted by atomic mass is 19.1. The lowest BCUT2D eigenvalue weighted by Crippen LogP contribution is -2.42. The van der Waals surface area contributed by atoms with Crippen molar-refractivity contribution in [1.82, 2.24) is 4.98 Å². The molecular weight excluding hydrogens is 238 g/mol. The lowest BCUT2D eigenvalue weighted by molar-refractivity contribution is 0.383. The number of nitrogens with zero attached hydrogens (tertiary/aromatic N) is 2. The Hall–Kier alpha value is -1.43. The molecule has 1 aliphatic rings. The van der Waals surface area contributed by atoms with E-state index in [0.29, 0.717) is 5.92 Å². The van der Waals surface area contributed by atoms with E-state index in [2.05, 4.69) is 17.3 Å². The molecule has 3 N–H and O–H groups in total. The maximum atomic E-state index is 13.8. The summed E-state index contributed by atoms with van der Waals surface area (Å²) in [6, 6.07) is 1.02.